The van der Waals surface area contributed by atoms with Crippen LogP contribution in [0.25, 0.3) is 10.7 Å². The molecule has 7 nitrogen and oxygen atoms in total. The Kier molecular flexibility index (Phi) is 6.35. The van der Waals surface area contributed by atoms with Gasteiger partial charge in [0, 0.05) is 61.7 Å². The van der Waals surface area contributed by atoms with Gasteiger partial charge in [0.25, 0.3) is 0 Å². The van der Waals surface area contributed by atoms with Gasteiger partial charge in [-0.25, -0.2) is 15.0 Å². The van der Waals surface area contributed by atoms with E-state index >= 15 is 0 Å². The van der Waals surface area contributed by atoms with Crippen LogP contribution in [0.3, 0.4) is 0 Å². The van der Waals surface area contributed by atoms with Crippen LogP contribution in [-0.4, -0.2) is 53.1 Å². The normalized spacial score (nSPS) is 15.1. The fraction of sp³-hybridized carbons (Fsp3) is 0.350. The van der Waals surface area contributed by atoms with E-state index in [1.807, 2.05) is 6.20 Å². The fourth-order valence-electron chi connectivity index (χ4n) is 3.21. The van der Waals surface area contributed by atoms with Crippen LogP contribution >= 0.6 is 11.3 Å². The molecule has 1 fully saturated rings. The van der Waals surface area contributed by atoms with Gasteiger partial charge in [0.05, 0.1) is 12.7 Å². The number of halogens is 3. The molecule has 0 unspecified atom stereocenters. The highest BCUT2D eigenvalue weighted by Gasteiger charge is 2.31. The zero-order chi connectivity index (χ0) is 21.8. The van der Waals surface area contributed by atoms with Crippen LogP contribution in [0.15, 0.2) is 36.7 Å². The average Bonchev–Trinajstić information content (AvgIpc) is 3.22. The van der Waals surface area contributed by atoms with Crippen molar-refractivity contribution in [1.82, 2.24) is 25.2 Å². The summed E-state index contributed by atoms with van der Waals surface area (Å²) in [7, 11) is 1.32. The Morgan fingerprint density at radius 2 is 2.00 bits per heavy atom. The highest BCUT2D eigenvalue weighted by molar-refractivity contribution is 7.14. The SMILES string of the molecule is COc1cc(Nc2nccc(-c3ncc(CN4CCNCC4)s3)n2)cc(C(F)(F)F)c1. The van der Waals surface area contributed by atoms with Crippen LogP contribution in [0.5, 0.6) is 5.75 Å². The number of thiazole rings is 1. The van der Waals surface area contributed by atoms with E-state index in [1.165, 1.54) is 13.2 Å². The van der Waals surface area contributed by atoms with Gasteiger partial charge in [0.2, 0.25) is 5.95 Å². The number of aromatic nitrogens is 3. The van der Waals surface area contributed by atoms with Gasteiger partial charge in [0.1, 0.15) is 16.5 Å². The molecule has 11 heteroatoms. The van der Waals surface area contributed by atoms with E-state index in [2.05, 4.69) is 30.5 Å². The van der Waals surface area contributed by atoms with Gasteiger partial charge in [-0.1, -0.05) is 0 Å². The molecule has 0 aliphatic carbocycles. The number of nitrogens with zero attached hydrogens (tertiary/aromatic N) is 4. The number of alkyl halides is 3. The van der Waals surface area contributed by atoms with Gasteiger partial charge in [-0.3, -0.25) is 4.90 Å². The third-order valence-electron chi connectivity index (χ3n) is 4.74. The molecule has 0 saturated carbocycles. The Labute approximate surface area is 181 Å². The number of hydrogen-bond donors (Lipinski definition) is 2. The molecule has 0 amide bonds. The van der Waals surface area contributed by atoms with Gasteiger partial charge in [-0.05, 0) is 18.2 Å². The van der Waals surface area contributed by atoms with Gasteiger partial charge in [0.15, 0.2) is 0 Å². The second-order valence-electron chi connectivity index (χ2n) is 7.00. The predicted octanol–water partition coefficient (Wildman–Crippen LogP) is 3.78. The van der Waals surface area contributed by atoms with Crippen molar-refractivity contribution in [3.63, 3.8) is 0 Å². The van der Waals surface area contributed by atoms with Crippen molar-refractivity contribution in [2.45, 2.75) is 12.7 Å². The molecule has 3 aromatic rings. The smallest absolute Gasteiger partial charge is 0.416 e. The van der Waals surface area contributed by atoms with E-state index in [-0.39, 0.29) is 17.4 Å². The van der Waals surface area contributed by atoms with Crippen LogP contribution in [0.4, 0.5) is 24.8 Å². The standard InChI is InChI=1S/C20H21F3N6OS/c1-30-15-9-13(20(21,22)23)8-14(10-15)27-19-25-3-2-17(28-19)18-26-11-16(31-18)12-29-6-4-24-5-7-29/h2-3,8-11,24H,4-7,12H2,1H3,(H,25,27,28). The Hall–Kier alpha value is -2.76. The van der Waals surface area contributed by atoms with Crippen molar-refractivity contribution in [1.29, 1.82) is 0 Å². The summed E-state index contributed by atoms with van der Waals surface area (Å²) in [5.74, 6) is 0.267. The number of ether oxygens (including phenoxy) is 1. The number of methoxy groups -OCH3 is 1. The Morgan fingerprint density at radius 3 is 2.74 bits per heavy atom. The number of piperazine rings is 1. The highest BCUT2D eigenvalue weighted by atomic mass is 32.1. The largest absolute Gasteiger partial charge is 0.497 e. The van der Waals surface area contributed by atoms with Crippen molar-refractivity contribution in [3.8, 4) is 16.5 Å². The first-order chi connectivity index (χ1) is 14.9. The van der Waals surface area contributed by atoms with Crippen LogP contribution in [0, 0.1) is 0 Å². The van der Waals surface area contributed by atoms with Crippen molar-refractivity contribution in [3.05, 3.63) is 47.1 Å². The van der Waals surface area contributed by atoms with E-state index < -0.39 is 11.7 Å². The number of nitrogens with one attached hydrogen (secondary N) is 2. The van der Waals surface area contributed by atoms with Gasteiger partial charge in [-0.15, -0.1) is 11.3 Å². The molecule has 0 spiro atoms. The topological polar surface area (TPSA) is 75.2 Å². The maximum absolute atomic E-state index is 13.2. The minimum absolute atomic E-state index is 0.0888. The monoisotopic (exact) mass is 450 g/mol. The molecule has 1 saturated heterocycles. The molecule has 2 N–H and O–H groups in total. The summed E-state index contributed by atoms with van der Waals surface area (Å²) < 4.78 is 44.4. The van der Waals surface area contributed by atoms with Crippen molar-refractivity contribution >= 4 is 23.0 Å². The summed E-state index contributed by atoms with van der Waals surface area (Å²) in [6.07, 6.45) is -1.10. The second kappa shape index (κ2) is 9.16. The minimum atomic E-state index is -4.49. The molecule has 0 radical (unpaired) electrons. The molecular formula is C20H21F3N6OS. The van der Waals surface area contributed by atoms with E-state index in [9.17, 15) is 13.2 Å². The van der Waals surface area contributed by atoms with Crippen LogP contribution in [0.1, 0.15) is 10.4 Å². The quantitative estimate of drug-likeness (QED) is 0.592. The van der Waals surface area contributed by atoms with Crippen LogP contribution in [0.2, 0.25) is 0 Å². The molecule has 0 atom stereocenters. The average molecular weight is 450 g/mol. The van der Waals surface area contributed by atoms with E-state index in [0.717, 1.165) is 54.7 Å². The predicted molar refractivity (Wildman–Crippen MR) is 113 cm³/mol. The molecule has 31 heavy (non-hydrogen) atoms. The molecule has 1 aliphatic rings. The van der Waals surface area contributed by atoms with E-state index in [1.54, 1.807) is 23.6 Å². The fourth-order valence-corrected chi connectivity index (χ4v) is 4.13. The lowest BCUT2D eigenvalue weighted by atomic mass is 10.2. The molecular weight excluding hydrogens is 429 g/mol. The molecule has 164 valence electrons. The van der Waals surface area contributed by atoms with Gasteiger partial charge in [-0.2, -0.15) is 13.2 Å². The van der Waals surface area contributed by atoms with Crippen molar-refractivity contribution in [2.75, 3.05) is 38.6 Å². The van der Waals surface area contributed by atoms with Gasteiger partial charge >= 0.3 is 6.18 Å². The number of anilines is 2. The van der Waals surface area contributed by atoms with Crippen molar-refractivity contribution < 1.29 is 17.9 Å². The number of hydrogen-bond acceptors (Lipinski definition) is 8. The maximum Gasteiger partial charge on any atom is 0.416 e. The summed E-state index contributed by atoms with van der Waals surface area (Å²) in [5.41, 5.74) is -0.0293. The lowest BCUT2D eigenvalue weighted by molar-refractivity contribution is -0.137. The third-order valence-corrected chi connectivity index (χ3v) is 5.75. The maximum atomic E-state index is 13.2. The first-order valence-corrected chi connectivity index (χ1v) is 10.5. The second-order valence-corrected chi connectivity index (χ2v) is 8.11. The molecule has 0 bridgehead atoms. The first kappa shape index (κ1) is 21.5. The van der Waals surface area contributed by atoms with Crippen molar-refractivity contribution in [2.24, 2.45) is 0 Å². The summed E-state index contributed by atoms with van der Waals surface area (Å²) in [6, 6.07) is 5.12. The summed E-state index contributed by atoms with van der Waals surface area (Å²) in [4.78, 5) is 16.5. The van der Waals surface area contributed by atoms with Crippen LogP contribution < -0.4 is 15.4 Å². The molecule has 2 aromatic heterocycles. The number of benzene rings is 1. The zero-order valence-electron chi connectivity index (χ0n) is 16.7. The molecule has 3 heterocycles. The number of rotatable bonds is 6. The molecule has 4 rings (SSSR count). The zero-order valence-corrected chi connectivity index (χ0v) is 17.6. The lowest BCUT2D eigenvalue weighted by Crippen LogP contribution is -2.42. The summed E-state index contributed by atoms with van der Waals surface area (Å²) in [5, 5.41) is 6.90. The Bertz CT molecular complexity index is 1040. The molecule has 1 aliphatic heterocycles. The highest BCUT2D eigenvalue weighted by Crippen LogP contribution is 2.35. The summed E-state index contributed by atoms with van der Waals surface area (Å²) >= 11 is 1.55. The summed E-state index contributed by atoms with van der Waals surface area (Å²) in [6.45, 7) is 4.78. The van der Waals surface area contributed by atoms with Gasteiger partial charge < -0.3 is 15.4 Å². The Balaban J connectivity index is 1.51. The minimum Gasteiger partial charge on any atom is -0.497 e. The van der Waals surface area contributed by atoms with E-state index in [0.29, 0.717) is 5.69 Å². The third kappa shape index (κ3) is 5.49. The first-order valence-electron chi connectivity index (χ1n) is 9.65. The van der Waals surface area contributed by atoms with E-state index in [4.69, 9.17) is 4.74 Å². The van der Waals surface area contributed by atoms with Crippen LogP contribution in [-0.2, 0) is 12.7 Å². The molecule has 1 aromatic carbocycles. The Morgan fingerprint density at radius 1 is 1.19 bits per heavy atom. The lowest BCUT2D eigenvalue weighted by Gasteiger charge is -2.26.